The molecule has 5 N–H and O–H groups in total. The van der Waals surface area contributed by atoms with E-state index in [-0.39, 0.29) is 11.9 Å². The molecule has 0 saturated heterocycles. The van der Waals surface area contributed by atoms with E-state index in [2.05, 4.69) is 5.43 Å². The minimum Gasteiger partial charge on any atom is -0.398 e. The van der Waals surface area contributed by atoms with Crippen LogP contribution in [0, 0.1) is 12.7 Å². The SMILES string of the molecule is Cc1ccccc1CC(NN)c1cc(F)ccc1N. The summed E-state index contributed by atoms with van der Waals surface area (Å²) in [5.74, 6) is 5.28. The fourth-order valence-electron chi connectivity index (χ4n) is 2.17. The van der Waals surface area contributed by atoms with E-state index >= 15 is 0 Å². The lowest BCUT2D eigenvalue weighted by Gasteiger charge is -2.19. The second-order valence-corrected chi connectivity index (χ2v) is 4.62. The number of benzene rings is 2. The van der Waals surface area contributed by atoms with Crippen molar-refractivity contribution in [2.24, 2.45) is 5.84 Å². The summed E-state index contributed by atoms with van der Waals surface area (Å²) in [6.07, 6.45) is 0.664. The normalized spacial score (nSPS) is 12.4. The minimum absolute atomic E-state index is 0.211. The maximum atomic E-state index is 13.3. The molecule has 0 bridgehead atoms. The number of hydrogen-bond donors (Lipinski definition) is 3. The first-order valence-corrected chi connectivity index (χ1v) is 6.17. The molecule has 4 heteroatoms. The van der Waals surface area contributed by atoms with Gasteiger partial charge in [0.05, 0.1) is 6.04 Å². The van der Waals surface area contributed by atoms with Gasteiger partial charge in [-0.1, -0.05) is 24.3 Å². The van der Waals surface area contributed by atoms with Gasteiger partial charge in [0.2, 0.25) is 0 Å². The molecule has 100 valence electrons. The number of nitrogens with one attached hydrogen (secondary N) is 1. The third kappa shape index (κ3) is 3.10. The number of anilines is 1. The molecule has 0 aliphatic heterocycles. The molecule has 0 heterocycles. The van der Waals surface area contributed by atoms with E-state index in [1.54, 1.807) is 6.07 Å². The van der Waals surface area contributed by atoms with E-state index < -0.39 is 0 Å². The fourth-order valence-corrected chi connectivity index (χ4v) is 2.17. The molecule has 0 fully saturated rings. The second kappa shape index (κ2) is 5.82. The molecule has 19 heavy (non-hydrogen) atoms. The van der Waals surface area contributed by atoms with Crippen molar-refractivity contribution in [1.82, 2.24) is 5.43 Å². The number of nitrogens with two attached hydrogens (primary N) is 2. The van der Waals surface area contributed by atoms with Crippen LogP contribution in [-0.2, 0) is 6.42 Å². The number of hydrazine groups is 1. The third-order valence-electron chi connectivity index (χ3n) is 3.31. The molecule has 2 rings (SSSR count). The minimum atomic E-state index is -0.311. The van der Waals surface area contributed by atoms with Gasteiger partial charge in [-0.15, -0.1) is 0 Å². The number of halogens is 1. The van der Waals surface area contributed by atoms with Crippen LogP contribution in [-0.4, -0.2) is 0 Å². The molecule has 3 nitrogen and oxygen atoms in total. The van der Waals surface area contributed by atoms with Gasteiger partial charge in [0.1, 0.15) is 5.82 Å². The van der Waals surface area contributed by atoms with Crippen LogP contribution in [0.3, 0.4) is 0 Å². The molecule has 0 aliphatic carbocycles. The highest BCUT2D eigenvalue weighted by Crippen LogP contribution is 2.25. The molecule has 2 aromatic carbocycles. The fraction of sp³-hybridized carbons (Fsp3) is 0.200. The van der Waals surface area contributed by atoms with Crippen molar-refractivity contribution in [1.29, 1.82) is 0 Å². The second-order valence-electron chi connectivity index (χ2n) is 4.62. The summed E-state index contributed by atoms with van der Waals surface area (Å²) >= 11 is 0. The summed E-state index contributed by atoms with van der Waals surface area (Å²) in [7, 11) is 0. The summed E-state index contributed by atoms with van der Waals surface area (Å²) in [6.45, 7) is 2.04. The summed E-state index contributed by atoms with van der Waals surface area (Å²) in [4.78, 5) is 0. The number of rotatable bonds is 4. The zero-order valence-electron chi connectivity index (χ0n) is 10.9. The molecule has 0 aromatic heterocycles. The van der Waals surface area contributed by atoms with Crippen molar-refractivity contribution >= 4 is 5.69 Å². The van der Waals surface area contributed by atoms with Gasteiger partial charge in [-0.25, -0.2) is 4.39 Å². The van der Waals surface area contributed by atoms with Crippen LogP contribution in [0.15, 0.2) is 42.5 Å². The van der Waals surface area contributed by atoms with Gasteiger partial charge < -0.3 is 5.73 Å². The van der Waals surface area contributed by atoms with Gasteiger partial charge in [0.25, 0.3) is 0 Å². The number of aryl methyl sites for hydroxylation is 1. The van der Waals surface area contributed by atoms with Crippen molar-refractivity contribution in [2.75, 3.05) is 5.73 Å². The molecule has 1 atom stereocenters. The Morgan fingerprint density at radius 1 is 1.21 bits per heavy atom. The summed E-state index contributed by atoms with van der Waals surface area (Å²) < 4.78 is 13.3. The van der Waals surface area contributed by atoms with Crippen molar-refractivity contribution in [2.45, 2.75) is 19.4 Å². The highest BCUT2D eigenvalue weighted by Gasteiger charge is 2.15. The van der Waals surface area contributed by atoms with Gasteiger partial charge in [-0.05, 0) is 48.2 Å². The first kappa shape index (κ1) is 13.5. The average molecular weight is 259 g/mol. The van der Waals surface area contributed by atoms with Crippen LogP contribution in [0.25, 0.3) is 0 Å². The van der Waals surface area contributed by atoms with E-state index in [0.717, 1.165) is 5.56 Å². The van der Waals surface area contributed by atoms with E-state index in [9.17, 15) is 4.39 Å². The first-order chi connectivity index (χ1) is 9.11. The standard InChI is InChI=1S/C15H18FN3/c1-10-4-2-3-5-11(10)8-15(19-18)13-9-12(16)6-7-14(13)17/h2-7,9,15,19H,8,17-18H2,1H3. The summed E-state index contributed by atoms with van der Waals surface area (Å²) in [5, 5.41) is 0. The Balaban J connectivity index is 2.30. The van der Waals surface area contributed by atoms with Crippen LogP contribution in [0.2, 0.25) is 0 Å². The predicted octanol–water partition coefficient (Wildman–Crippen LogP) is 2.46. The zero-order chi connectivity index (χ0) is 13.8. The van der Waals surface area contributed by atoms with E-state index in [4.69, 9.17) is 11.6 Å². The van der Waals surface area contributed by atoms with E-state index in [0.29, 0.717) is 17.7 Å². The van der Waals surface area contributed by atoms with E-state index in [1.807, 2.05) is 31.2 Å². The molecule has 0 aliphatic rings. The largest absolute Gasteiger partial charge is 0.398 e. The Bertz CT molecular complexity index is 569. The van der Waals surface area contributed by atoms with Gasteiger partial charge in [0, 0.05) is 5.69 Å². The molecular formula is C15H18FN3. The van der Waals surface area contributed by atoms with E-state index in [1.165, 1.54) is 17.7 Å². The lowest BCUT2D eigenvalue weighted by Crippen LogP contribution is -2.30. The summed E-state index contributed by atoms with van der Waals surface area (Å²) in [6, 6.07) is 12.2. The van der Waals surface area contributed by atoms with Gasteiger partial charge >= 0.3 is 0 Å². The predicted molar refractivity (Wildman–Crippen MR) is 75.8 cm³/mol. The molecular weight excluding hydrogens is 241 g/mol. The van der Waals surface area contributed by atoms with Crippen molar-refractivity contribution in [3.63, 3.8) is 0 Å². The van der Waals surface area contributed by atoms with Gasteiger partial charge in [-0.3, -0.25) is 11.3 Å². The summed E-state index contributed by atoms with van der Waals surface area (Å²) in [5.41, 5.74) is 12.2. The lowest BCUT2D eigenvalue weighted by atomic mass is 9.95. The van der Waals surface area contributed by atoms with Crippen LogP contribution < -0.4 is 17.0 Å². The maximum absolute atomic E-state index is 13.3. The molecule has 0 saturated carbocycles. The average Bonchev–Trinajstić information content (AvgIpc) is 2.41. The highest BCUT2D eigenvalue weighted by molar-refractivity contribution is 5.49. The molecule has 2 aromatic rings. The lowest BCUT2D eigenvalue weighted by molar-refractivity contribution is 0.545. The van der Waals surface area contributed by atoms with Crippen molar-refractivity contribution < 1.29 is 4.39 Å². The van der Waals surface area contributed by atoms with Crippen LogP contribution in [0.4, 0.5) is 10.1 Å². The van der Waals surface area contributed by atoms with Crippen LogP contribution in [0.5, 0.6) is 0 Å². The number of hydrogen-bond acceptors (Lipinski definition) is 3. The van der Waals surface area contributed by atoms with Crippen LogP contribution in [0.1, 0.15) is 22.7 Å². The zero-order valence-corrected chi connectivity index (χ0v) is 10.9. The molecule has 0 spiro atoms. The first-order valence-electron chi connectivity index (χ1n) is 6.17. The maximum Gasteiger partial charge on any atom is 0.123 e. The van der Waals surface area contributed by atoms with Crippen molar-refractivity contribution in [3.8, 4) is 0 Å². The number of nitrogen functional groups attached to an aromatic ring is 1. The van der Waals surface area contributed by atoms with Gasteiger partial charge in [0.15, 0.2) is 0 Å². The Hall–Kier alpha value is -1.91. The smallest absolute Gasteiger partial charge is 0.123 e. The highest BCUT2D eigenvalue weighted by atomic mass is 19.1. The van der Waals surface area contributed by atoms with Crippen molar-refractivity contribution in [3.05, 3.63) is 65.0 Å². The Morgan fingerprint density at radius 3 is 2.63 bits per heavy atom. The van der Waals surface area contributed by atoms with Gasteiger partial charge in [-0.2, -0.15) is 0 Å². The van der Waals surface area contributed by atoms with Crippen LogP contribution >= 0.6 is 0 Å². The monoisotopic (exact) mass is 259 g/mol. The molecule has 0 radical (unpaired) electrons. The molecule has 1 unspecified atom stereocenters. The Morgan fingerprint density at radius 2 is 1.95 bits per heavy atom. The topological polar surface area (TPSA) is 64.1 Å². The molecule has 0 amide bonds. The Labute approximate surface area is 112 Å². The Kier molecular flexibility index (Phi) is 4.14. The quantitative estimate of drug-likeness (QED) is 0.449. The third-order valence-corrected chi connectivity index (χ3v) is 3.31.